The first-order chi connectivity index (χ1) is 6.81. The van der Waals surface area contributed by atoms with Crippen molar-refractivity contribution in [1.82, 2.24) is 10.2 Å². The number of hydrogen-bond donors (Lipinski definition) is 1. The van der Waals surface area contributed by atoms with Crippen molar-refractivity contribution in [2.75, 3.05) is 32.8 Å². The van der Waals surface area contributed by atoms with Gasteiger partial charge in [0.1, 0.15) is 0 Å². The number of carbonyl (C=O) groups is 1. The number of ether oxygens (including phenoxy) is 2. The smallest absolute Gasteiger partial charge is 0.409 e. The lowest BCUT2D eigenvalue weighted by molar-refractivity contribution is 0.0173. The van der Waals surface area contributed by atoms with Crippen LogP contribution in [-0.4, -0.2) is 56.0 Å². The molecule has 5 heteroatoms. The molecule has 0 aromatic heterocycles. The van der Waals surface area contributed by atoms with E-state index in [2.05, 4.69) is 5.32 Å². The topological polar surface area (TPSA) is 50.8 Å². The molecular formula is C9H16N2O3. The summed E-state index contributed by atoms with van der Waals surface area (Å²) in [6.07, 6.45) is -0.0829. The van der Waals surface area contributed by atoms with Crippen molar-refractivity contribution in [3.05, 3.63) is 0 Å². The first-order valence-electron chi connectivity index (χ1n) is 5.08. The second kappa shape index (κ2) is 4.14. The van der Waals surface area contributed by atoms with Crippen LogP contribution in [0.5, 0.6) is 0 Å². The van der Waals surface area contributed by atoms with Gasteiger partial charge in [-0.05, 0) is 6.92 Å². The monoisotopic (exact) mass is 200 g/mol. The van der Waals surface area contributed by atoms with E-state index in [4.69, 9.17) is 9.47 Å². The number of carbonyl (C=O) groups excluding carboxylic acids is 1. The number of amides is 1. The molecule has 0 saturated carbocycles. The molecule has 0 radical (unpaired) electrons. The number of nitrogens with one attached hydrogen (secondary N) is 1. The Labute approximate surface area is 83.3 Å². The van der Waals surface area contributed by atoms with Gasteiger partial charge in [-0.3, -0.25) is 0 Å². The van der Waals surface area contributed by atoms with Crippen molar-refractivity contribution < 1.29 is 14.3 Å². The Kier molecular flexibility index (Phi) is 2.88. The van der Waals surface area contributed by atoms with Crippen molar-refractivity contribution in [2.24, 2.45) is 0 Å². The van der Waals surface area contributed by atoms with Crippen LogP contribution in [-0.2, 0) is 9.47 Å². The lowest BCUT2D eigenvalue weighted by atomic mass is 10.2. The van der Waals surface area contributed by atoms with E-state index in [9.17, 15) is 4.79 Å². The Bertz CT molecular complexity index is 208. The van der Waals surface area contributed by atoms with Gasteiger partial charge in [0, 0.05) is 13.1 Å². The van der Waals surface area contributed by atoms with Gasteiger partial charge in [-0.2, -0.15) is 0 Å². The molecule has 2 rings (SSSR count). The zero-order valence-corrected chi connectivity index (χ0v) is 8.36. The highest BCUT2D eigenvalue weighted by molar-refractivity contribution is 5.68. The fourth-order valence-electron chi connectivity index (χ4n) is 1.96. The molecule has 5 nitrogen and oxygen atoms in total. The number of nitrogens with zero attached hydrogens (tertiary/aromatic N) is 1. The maximum atomic E-state index is 11.4. The molecule has 2 atom stereocenters. The Morgan fingerprint density at radius 2 is 2.50 bits per heavy atom. The van der Waals surface area contributed by atoms with E-state index >= 15 is 0 Å². The lowest BCUT2D eigenvalue weighted by Crippen LogP contribution is -2.47. The third-order valence-corrected chi connectivity index (χ3v) is 2.63. The molecule has 0 aromatic rings. The summed E-state index contributed by atoms with van der Waals surface area (Å²) in [6, 6.07) is 0.285. The van der Waals surface area contributed by atoms with E-state index < -0.39 is 0 Å². The van der Waals surface area contributed by atoms with Gasteiger partial charge in [-0.25, -0.2) is 4.79 Å². The molecule has 2 aliphatic rings. The van der Waals surface area contributed by atoms with E-state index in [0.717, 1.165) is 13.2 Å². The molecule has 1 N–H and O–H groups in total. The number of likely N-dealkylation sites (tertiary alicyclic amines) is 1. The van der Waals surface area contributed by atoms with Crippen molar-refractivity contribution in [3.8, 4) is 0 Å². The van der Waals surface area contributed by atoms with Gasteiger partial charge < -0.3 is 19.7 Å². The normalized spacial score (nSPS) is 31.4. The molecule has 2 unspecified atom stereocenters. The van der Waals surface area contributed by atoms with Crippen LogP contribution in [0.2, 0.25) is 0 Å². The Balaban J connectivity index is 1.89. The van der Waals surface area contributed by atoms with Gasteiger partial charge in [0.05, 0.1) is 31.9 Å². The minimum absolute atomic E-state index is 0.146. The Morgan fingerprint density at radius 3 is 3.21 bits per heavy atom. The summed E-state index contributed by atoms with van der Waals surface area (Å²) in [4.78, 5) is 13.1. The van der Waals surface area contributed by atoms with E-state index in [1.165, 1.54) is 0 Å². The molecular weight excluding hydrogens is 184 g/mol. The lowest BCUT2D eigenvalue weighted by Gasteiger charge is -2.25. The second-order valence-corrected chi connectivity index (χ2v) is 3.57. The van der Waals surface area contributed by atoms with E-state index in [-0.39, 0.29) is 18.2 Å². The highest BCUT2D eigenvalue weighted by Crippen LogP contribution is 2.16. The van der Waals surface area contributed by atoms with Crippen LogP contribution in [0.4, 0.5) is 4.79 Å². The molecule has 2 heterocycles. The van der Waals surface area contributed by atoms with Crippen LogP contribution < -0.4 is 5.32 Å². The predicted octanol–water partition coefficient (Wildman–Crippen LogP) is -0.185. The average Bonchev–Trinajstić information content (AvgIpc) is 2.61. The molecule has 2 fully saturated rings. The van der Waals surface area contributed by atoms with Crippen molar-refractivity contribution in [2.45, 2.75) is 19.1 Å². The SMILES string of the molecule is CCOC(=O)N1CC2NCCOC2C1. The predicted molar refractivity (Wildman–Crippen MR) is 50.1 cm³/mol. The third kappa shape index (κ3) is 1.83. The molecule has 1 amide bonds. The molecule has 2 aliphatic heterocycles. The summed E-state index contributed by atoms with van der Waals surface area (Å²) in [5.74, 6) is 0. The highest BCUT2D eigenvalue weighted by atomic mass is 16.6. The third-order valence-electron chi connectivity index (χ3n) is 2.63. The first kappa shape index (κ1) is 9.73. The van der Waals surface area contributed by atoms with E-state index in [1.807, 2.05) is 6.92 Å². The minimum Gasteiger partial charge on any atom is -0.450 e. The van der Waals surface area contributed by atoms with Crippen molar-refractivity contribution in [3.63, 3.8) is 0 Å². The summed E-state index contributed by atoms with van der Waals surface area (Å²) in [5, 5.41) is 3.33. The van der Waals surface area contributed by atoms with Crippen LogP contribution >= 0.6 is 0 Å². The molecule has 14 heavy (non-hydrogen) atoms. The Hall–Kier alpha value is -0.810. The van der Waals surface area contributed by atoms with Gasteiger partial charge in [0.25, 0.3) is 0 Å². The van der Waals surface area contributed by atoms with Gasteiger partial charge in [0.15, 0.2) is 0 Å². The van der Waals surface area contributed by atoms with Crippen LogP contribution in [0.15, 0.2) is 0 Å². The summed E-state index contributed by atoms with van der Waals surface area (Å²) < 4.78 is 10.5. The van der Waals surface area contributed by atoms with Crippen LogP contribution in [0, 0.1) is 0 Å². The van der Waals surface area contributed by atoms with E-state index in [1.54, 1.807) is 4.90 Å². The zero-order chi connectivity index (χ0) is 9.97. The number of fused-ring (bicyclic) bond motifs is 1. The maximum absolute atomic E-state index is 11.4. The molecule has 80 valence electrons. The molecule has 0 aliphatic carbocycles. The van der Waals surface area contributed by atoms with Crippen LogP contribution in [0.1, 0.15) is 6.92 Å². The van der Waals surface area contributed by atoms with E-state index in [0.29, 0.717) is 19.7 Å². The van der Waals surface area contributed by atoms with Gasteiger partial charge in [-0.15, -0.1) is 0 Å². The summed E-state index contributed by atoms with van der Waals surface area (Å²) in [5.41, 5.74) is 0. The molecule has 0 aromatic carbocycles. The Morgan fingerprint density at radius 1 is 1.64 bits per heavy atom. The number of rotatable bonds is 1. The largest absolute Gasteiger partial charge is 0.450 e. The van der Waals surface area contributed by atoms with Crippen LogP contribution in [0.25, 0.3) is 0 Å². The fourth-order valence-corrected chi connectivity index (χ4v) is 1.96. The van der Waals surface area contributed by atoms with Crippen LogP contribution in [0.3, 0.4) is 0 Å². The number of hydrogen-bond acceptors (Lipinski definition) is 4. The standard InChI is InChI=1S/C9H16N2O3/c1-2-13-9(12)11-5-7-8(6-11)14-4-3-10-7/h7-8,10H,2-6H2,1H3. The average molecular weight is 200 g/mol. The zero-order valence-electron chi connectivity index (χ0n) is 8.36. The quantitative estimate of drug-likeness (QED) is 0.637. The second-order valence-electron chi connectivity index (χ2n) is 3.57. The van der Waals surface area contributed by atoms with Gasteiger partial charge >= 0.3 is 6.09 Å². The number of morpholine rings is 1. The highest BCUT2D eigenvalue weighted by Gasteiger charge is 2.37. The first-order valence-corrected chi connectivity index (χ1v) is 5.08. The van der Waals surface area contributed by atoms with Gasteiger partial charge in [-0.1, -0.05) is 0 Å². The molecule has 2 saturated heterocycles. The van der Waals surface area contributed by atoms with Gasteiger partial charge in [0.2, 0.25) is 0 Å². The summed E-state index contributed by atoms with van der Waals surface area (Å²) in [6.45, 7) is 5.20. The van der Waals surface area contributed by atoms with Crippen molar-refractivity contribution >= 4 is 6.09 Å². The molecule has 0 spiro atoms. The molecule has 0 bridgehead atoms. The van der Waals surface area contributed by atoms with Crippen molar-refractivity contribution in [1.29, 1.82) is 0 Å². The maximum Gasteiger partial charge on any atom is 0.409 e. The summed E-state index contributed by atoms with van der Waals surface area (Å²) >= 11 is 0. The fraction of sp³-hybridized carbons (Fsp3) is 0.889. The minimum atomic E-state index is -0.229. The summed E-state index contributed by atoms with van der Waals surface area (Å²) in [7, 11) is 0.